The fourth-order valence-corrected chi connectivity index (χ4v) is 3.31. The Morgan fingerprint density at radius 3 is 1.73 bits per heavy atom. The van der Waals surface area contributed by atoms with Gasteiger partial charge in [0.1, 0.15) is 17.1 Å². The number of nitrogens with one attached hydrogen (secondary N) is 3. The molecule has 0 radical (unpaired) electrons. The summed E-state index contributed by atoms with van der Waals surface area (Å²) in [5.74, 6) is -1.21. The van der Waals surface area contributed by atoms with Crippen molar-refractivity contribution in [3.05, 3.63) is 64.0 Å². The van der Waals surface area contributed by atoms with Gasteiger partial charge in [-0.1, -0.05) is 6.92 Å². The number of hydrogen-bond donors (Lipinski definition) is 3. The molecule has 12 heteroatoms. The number of amides is 3. The molecule has 0 aliphatic carbocycles. The third-order valence-corrected chi connectivity index (χ3v) is 4.96. The monoisotopic (exact) mass is 455 g/mol. The van der Waals surface area contributed by atoms with Crippen molar-refractivity contribution in [3.63, 3.8) is 0 Å². The Morgan fingerprint density at radius 2 is 1.27 bits per heavy atom. The van der Waals surface area contributed by atoms with E-state index in [4.69, 9.17) is 0 Å². The van der Waals surface area contributed by atoms with Gasteiger partial charge in [0.25, 0.3) is 23.4 Å². The van der Waals surface area contributed by atoms with Crippen molar-refractivity contribution in [1.82, 2.24) is 19.0 Å². The molecular formula is C21H25N7O5. The zero-order valence-corrected chi connectivity index (χ0v) is 18.7. The summed E-state index contributed by atoms with van der Waals surface area (Å²) in [4.78, 5) is 47.8. The van der Waals surface area contributed by atoms with Crippen LogP contribution in [0.25, 0.3) is 0 Å². The molecule has 0 aliphatic heterocycles. The van der Waals surface area contributed by atoms with Crippen LogP contribution in [0.15, 0.2) is 36.8 Å². The Kier molecular flexibility index (Phi) is 6.66. The van der Waals surface area contributed by atoms with Crippen LogP contribution in [0, 0.1) is 10.1 Å². The first-order valence-corrected chi connectivity index (χ1v) is 10.1. The minimum atomic E-state index is -0.579. The normalized spacial score (nSPS) is 10.7. The summed E-state index contributed by atoms with van der Waals surface area (Å²) >= 11 is 0. The lowest BCUT2D eigenvalue weighted by atomic mass is 10.3. The van der Waals surface area contributed by atoms with E-state index < -0.39 is 16.7 Å². The van der Waals surface area contributed by atoms with Crippen LogP contribution in [0.3, 0.4) is 0 Å². The second-order valence-electron chi connectivity index (χ2n) is 7.57. The molecule has 174 valence electrons. The predicted octanol–water partition coefficient (Wildman–Crippen LogP) is 2.25. The van der Waals surface area contributed by atoms with Gasteiger partial charge in [-0.25, -0.2) is 0 Å². The zero-order valence-electron chi connectivity index (χ0n) is 18.7. The number of nitro groups is 1. The molecule has 0 atom stereocenters. The van der Waals surface area contributed by atoms with Gasteiger partial charge in [0.2, 0.25) is 0 Å². The van der Waals surface area contributed by atoms with E-state index in [0.717, 1.165) is 6.42 Å². The quantitative estimate of drug-likeness (QED) is 0.352. The number of aryl methyl sites for hydroxylation is 3. The van der Waals surface area contributed by atoms with Gasteiger partial charge in [-0.2, -0.15) is 0 Å². The number of aromatic nitrogens is 3. The van der Waals surface area contributed by atoms with E-state index in [1.165, 1.54) is 34.5 Å². The van der Waals surface area contributed by atoms with Gasteiger partial charge in [-0.05, 0) is 18.6 Å². The molecule has 0 aromatic carbocycles. The molecular weight excluding hydrogens is 430 g/mol. The summed E-state index contributed by atoms with van der Waals surface area (Å²) in [7, 11) is 4.88. The second kappa shape index (κ2) is 9.42. The maximum atomic E-state index is 12.8. The number of nitrogens with zero attached hydrogens (tertiary/aromatic N) is 4. The van der Waals surface area contributed by atoms with E-state index >= 15 is 0 Å². The summed E-state index contributed by atoms with van der Waals surface area (Å²) in [6.45, 7) is 2.51. The van der Waals surface area contributed by atoms with Crippen molar-refractivity contribution in [3.8, 4) is 0 Å². The average Bonchev–Trinajstić information content (AvgIpc) is 3.42. The van der Waals surface area contributed by atoms with Crippen LogP contribution in [0.2, 0.25) is 0 Å². The average molecular weight is 455 g/mol. The Hall–Kier alpha value is -4.35. The highest BCUT2D eigenvalue weighted by molar-refractivity contribution is 6.07. The molecule has 0 unspecified atom stereocenters. The van der Waals surface area contributed by atoms with Gasteiger partial charge in [-0.15, -0.1) is 0 Å². The second-order valence-corrected chi connectivity index (χ2v) is 7.57. The highest BCUT2D eigenvalue weighted by Gasteiger charge is 2.20. The first kappa shape index (κ1) is 23.3. The molecule has 0 saturated carbocycles. The lowest BCUT2D eigenvalue weighted by Gasteiger charge is -2.03. The minimum absolute atomic E-state index is 0.106. The molecule has 3 amide bonds. The highest BCUT2D eigenvalue weighted by Crippen LogP contribution is 2.20. The van der Waals surface area contributed by atoms with E-state index in [0.29, 0.717) is 23.6 Å². The lowest BCUT2D eigenvalue weighted by molar-refractivity contribution is -0.384. The zero-order chi connectivity index (χ0) is 24.3. The third-order valence-electron chi connectivity index (χ3n) is 4.96. The molecule has 3 N–H and O–H groups in total. The van der Waals surface area contributed by atoms with E-state index in [1.807, 2.05) is 6.92 Å². The van der Waals surface area contributed by atoms with Gasteiger partial charge < -0.3 is 29.7 Å². The molecule has 0 fully saturated rings. The van der Waals surface area contributed by atoms with Gasteiger partial charge in [-0.3, -0.25) is 24.5 Å². The van der Waals surface area contributed by atoms with E-state index in [2.05, 4.69) is 16.0 Å². The van der Waals surface area contributed by atoms with Crippen LogP contribution < -0.4 is 16.0 Å². The van der Waals surface area contributed by atoms with Crippen LogP contribution in [-0.2, 0) is 21.1 Å². The van der Waals surface area contributed by atoms with E-state index in [-0.39, 0.29) is 23.0 Å². The third kappa shape index (κ3) is 5.11. The fraction of sp³-hybridized carbons (Fsp3) is 0.286. The van der Waals surface area contributed by atoms with Crippen LogP contribution in [0.1, 0.15) is 44.8 Å². The van der Waals surface area contributed by atoms with Crippen LogP contribution in [0.5, 0.6) is 0 Å². The Labute approximate surface area is 189 Å². The molecule has 0 aliphatic rings. The summed E-state index contributed by atoms with van der Waals surface area (Å²) in [6.07, 6.45) is 5.24. The summed E-state index contributed by atoms with van der Waals surface area (Å²) < 4.78 is 4.51. The molecule has 0 spiro atoms. The number of rotatable bonds is 8. The molecule has 3 aromatic rings. The molecule has 12 nitrogen and oxygen atoms in total. The summed E-state index contributed by atoms with van der Waals surface area (Å²) in [5.41, 5.74) is 1.39. The first-order chi connectivity index (χ1) is 15.6. The maximum Gasteiger partial charge on any atom is 0.287 e. The van der Waals surface area contributed by atoms with Gasteiger partial charge in [0.15, 0.2) is 0 Å². The van der Waals surface area contributed by atoms with Crippen molar-refractivity contribution in [2.75, 3.05) is 17.2 Å². The van der Waals surface area contributed by atoms with E-state index in [1.54, 1.807) is 37.1 Å². The van der Waals surface area contributed by atoms with Crippen molar-refractivity contribution in [2.24, 2.45) is 21.1 Å². The van der Waals surface area contributed by atoms with Crippen molar-refractivity contribution in [2.45, 2.75) is 13.3 Å². The lowest BCUT2D eigenvalue weighted by Crippen LogP contribution is -2.25. The molecule has 3 rings (SSSR count). The van der Waals surface area contributed by atoms with Crippen molar-refractivity contribution in [1.29, 1.82) is 0 Å². The van der Waals surface area contributed by atoms with Crippen LogP contribution >= 0.6 is 0 Å². The molecule has 3 aromatic heterocycles. The van der Waals surface area contributed by atoms with Gasteiger partial charge in [0, 0.05) is 46.1 Å². The number of carbonyl (C=O) groups is 3. The Morgan fingerprint density at radius 1 is 0.818 bits per heavy atom. The van der Waals surface area contributed by atoms with Crippen molar-refractivity contribution < 1.29 is 19.3 Å². The largest absolute Gasteiger partial charge is 0.351 e. The van der Waals surface area contributed by atoms with Gasteiger partial charge in [0.05, 0.1) is 22.5 Å². The predicted molar refractivity (Wildman–Crippen MR) is 121 cm³/mol. The van der Waals surface area contributed by atoms with Crippen LogP contribution in [-0.4, -0.2) is 42.9 Å². The smallest absolute Gasteiger partial charge is 0.287 e. The summed E-state index contributed by atoms with van der Waals surface area (Å²) in [5, 5.41) is 19.1. The fourth-order valence-electron chi connectivity index (χ4n) is 3.31. The highest BCUT2D eigenvalue weighted by atomic mass is 16.6. The first-order valence-electron chi connectivity index (χ1n) is 10.1. The topological polar surface area (TPSA) is 145 Å². The standard InChI is InChI=1S/C21H25N7O5/c1-5-6-22-19(29)16-7-13(10-25(16)2)23-20(30)17-8-14(11-26(17)3)24-21(31)18-9-15(28(32)33)12-27(18)4/h7-12H,5-6H2,1-4H3,(H,22,29)(H,23,30)(H,24,31). The Balaban J connectivity index is 1.71. The number of carbonyl (C=O) groups excluding carboxylic acids is 3. The molecule has 3 heterocycles. The van der Waals surface area contributed by atoms with Crippen molar-refractivity contribution >= 4 is 34.8 Å². The molecule has 0 bridgehead atoms. The van der Waals surface area contributed by atoms with Gasteiger partial charge >= 0.3 is 0 Å². The molecule has 33 heavy (non-hydrogen) atoms. The van der Waals surface area contributed by atoms with E-state index in [9.17, 15) is 24.5 Å². The number of hydrogen-bond acceptors (Lipinski definition) is 5. The maximum absolute atomic E-state index is 12.8. The van der Waals surface area contributed by atoms with Crippen LogP contribution in [0.4, 0.5) is 17.1 Å². The minimum Gasteiger partial charge on any atom is -0.351 e. The SMILES string of the molecule is CCCNC(=O)c1cc(NC(=O)c2cc(NC(=O)c3cc([N+](=O)[O-])cn3C)cn2C)cn1C. The Bertz CT molecular complexity index is 1230. The number of anilines is 2. The summed E-state index contributed by atoms with van der Waals surface area (Å²) in [6, 6.07) is 4.24. The molecule has 0 saturated heterocycles.